The molecule has 4 rings (SSSR count). The first-order valence-electron chi connectivity index (χ1n) is 8.61. The molecule has 6 heteroatoms. The molecule has 132 valence electrons. The molecule has 0 aliphatic carbocycles. The van der Waals surface area contributed by atoms with Crippen LogP contribution in [0.25, 0.3) is 11.1 Å². The molecule has 2 N–H and O–H groups in total. The van der Waals surface area contributed by atoms with Crippen LogP contribution in [-0.2, 0) is 0 Å². The van der Waals surface area contributed by atoms with Crippen LogP contribution in [0.15, 0.2) is 67.0 Å². The Balaban J connectivity index is 1.53. The van der Waals surface area contributed by atoms with Crippen LogP contribution in [0.4, 0.5) is 10.5 Å². The van der Waals surface area contributed by atoms with Gasteiger partial charge in [-0.25, -0.2) is 4.79 Å². The topological polar surface area (TPSA) is 72.5 Å². The van der Waals surface area contributed by atoms with E-state index < -0.39 is 0 Å². The van der Waals surface area contributed by atoms with Gasteiger partial charge < -0.3 is 10.0 Å². The highest BCUT2D eigenvalue weighted by Crippen LogP contribution is 2.29. The normalized spacial score (nSPS) is 15.5. The number of urea groups is 1. The predicted octanol–water partition coefficient (Wildman–Crippen LogP) is 3.05. The molecular formula is C20H20N4O2. The standard InChI is InChI=1S/C20H20N4O2/c25-14-19(16-4-2-1-3-5-16)24-11-10-23(20(24)26)18-8-6-15(7-9-18)17-12-21-22-13-17/h1-9,12-13,19,25H,10-11,14H2,(H,21,22). The molecule has 26 heavy (non-hydrogen) atoms. The lowest BCUT2D eigenvalue weighted by Crippen LogP contribution is -2.36. The van der Waals surface area contributed by atoms with E-state index in [0.717, 1.165) is 22.4 Å². The number of aromatic amines is 1. The van der Waals surface area contributed by atoms with Crippen LogP contribution >= 0.6 is 0 Å². The van der Waals surface area contributed by atoms with Gasteiger partial charge in [0.15, 0.2) is 0 Å². The third-order valence-electron chi connectivity index (χ3n) is 4.79. The molecule has 2 heterocycles. The van der Waals surface area contributed by atoms with Crippen LogP contribution in [0.5, 0.6) is 0 Å². The Bertz CT molecular complexity index is 863. The number of nitrogens with one attached hydrogen (secondary N) is 1. The third kappa shape index (κ3) is 2.95. The summed E-state index contributed by atoms with van der Waals surface area (Å²) in [6, 6.07) is 17.1. The van der Waals surface area contributed by atoms with Gasteiger partial charge in [0.2, 0.25) is 0 Å². The Morgan fingerprint density at radius 3 is 2.46 bits per heavy atom. The number of hydrogen-bond donors (Lipinski definition) is 2. The first kappa shape index (κ1) is 16.4. The zero-order valence-corrected chi connectivity index (χ0v) is 14.2. The summed E-state index contributed by atoms with van der Waals surface area (Å²) < 4.78 is 0. The van der Waals surface area contributed by atoms with Gasteiger partial charge in [-0.05, 0) is 23.3 Å². The lowest BCUT2D eigenvalue weighted by Gasteiger charge is -2.26. The van der Waals surface area contributed by atoms with Crippen molar-refractivity contribution in [3.63, 3.8) is 0 Å². The largest absolute Gasteiger partial charge is 0.394 e. The number of H-pyrrole nitrogens is 1. The number of nitrogens with zero attached hydrogens (tertiary/aromatic N) is 3. The van der Waals surface area contributed by atoms with E-state index in [4.69, 9.17) is 0 Å². The van der Waals surface area contributed by atoms with E-state index in [1.54, 1.807) is 16.0 Å². The third-order valence-corrected chi connectivity index (χ3v) is 4.79. The molecule has 0 saturated carbocycles. The molecule has 0 bridgehead atoms. The molecule has 2 amide bonds. The summed E-state index contributed by atoms with van der Waals surface area (Å²) in [4.78, 5) is 16.4. The highest BCUT2D eigenvalue weighted by molar-refractivity contribution is 5.94. The van der Waals surface area contributed by atoms with Gasteiger partial charge in [-0.1, -0.05) is 42.5 Å². The average Bonchev–Trinajstić information content (AvgIpc) is 3.35. The van der Waals surface area contributed by atoms with Crippen molar-refractivity contribution < 1.29 is 9.90 Å². The van der Waals surface area contributed by atoms with Crippen LogP contribution < -0.4 is 4.90 Å². The number of aliphatic hydroxyl groups excluding tert-OH is 1. The van der Waals surface area contributed by atoms with Crippen molar-refractivity contribution in [2.24, 2.45) is 0 Å². The monoisotopic (exact) mass is 348 g/mol. The first-order valence-corrected chi connectivity index (χ1v) is 8.61. The maximum Gasteiger partial charge on any atom is 0.325 e. The molecule has 1 unspecified atom stereocenters. The Morgan fingerprint density at radius 2 is 1.81 bits per heavy atom. The van der Waals surface area contributed by atoms with Gasteiger partial charge in [-0.2, -0.15) is 5.10 Å². The van der Waals surface area contributed by atoms with E-state index in [1.807, 2.05) is 60.8 Å². The molecular weight excluding hydrogens is 328 g/mol. The molecule has 1 aromatic heterocycles. The number of anilines is 1. The molecule has 0 spiro atoms. The molecule has 6 nitrogen and oxygen atoms in total. The quantitative estimate of drug-likeness (QED) is 0.744. The highest BCUT2D eigenvalue weighted by Gasteiger charge is 2.34. The maximum atomic E-state index is 12.9. The van der Waals surface area contributed by atoms with Gasteiger partial charge >= 0.3 is 6.03 Å². The molecule has 1 atom stereocenters. The van der Waals surface area contributed by atoms with Crippen molar-refractivity contribution in [1.82, 2.24) is 15.1 Å². The van der Waals surface area contributed by atoms with E-state index in [2.05, 4.69) is 10.2 Å². The number of carbonyl (C=O) groups is 1. The Kier molecular flexibility index (Phi) is 4.41. The van der Waals surface area contributed by atoms with Crippen molar-refractivity contribution in [3.8, 4) is 11.1 Å². The van der Waals surface area contributed by atoms with Gasteiger partial charge in [0.1, 0.15) is 0 Å². The molecule has 1 saturated heterocycles. The lowest BCUT2D eigenvalue weighted by molar-refractivity contribution is 0.154. The second-order valence-corrected chi connectivity index (χ2v) is 6.27. The smallest absolute Gasteiger partial charge is 0.325 e. The number of hydrogen-bond acceptors (Lipinski definition) is 3. The van der Waals surface area contributed by atoms with Crippen LogP contribution in [-0.4, -0.2) is 45.9 Å². The van der Waals surface area contributed by atoms with E-state index in [1.165, 1.54) is 0 Å². The molecule has 3 aromatic rings. The first-order chi connectivity index (χ1) is 12.8. The van der Waals surface area contributed by atoms with E-state index in [-0.39, 0.29) is 18.7 Å². The lowest BCUT2D eigenvalue weighted by atomic mass is 10.1. The minimum Gasteiger partial charge on any atom is -0.394 e. The number of amides is 2. The van der Waals surface area contributed by atoms with Crippen LogP contribution in [0.2, 0.25) is 0 Å². The van der Waals surface area contributed by atoms with E-state index in [9.17, 15) is 9.90 Å². The molecule has 0 radical (unpaired) electrons. The van der Waals surface area contributed by atoms with Crippen molar-refractivity contribution in [1.29, 1.82) is 0 Å². The van der Waals surface area contributed by atoms with Crippen LogP contribution in [0.1, 0.15) is 11.6 Å². The zero-order chi connectivity index (χ0) is 17.9. The van der Waals surface area contributed by atoms with E-state index in [0.29, 0.717) is 13.1 Å². The van der Waals surface area contributed by atoms with Crippen LogP contribution in [0, 0.1) is 0 Å². The summed E-state index contributed by atoms with van der Waals surface area (Å²) >= 11 is 0. The summed E-state index contributed by atoms with van der Waals surface area (Å²) in [5, 5.41) is 16.6. The number of aromatic nitrogens is 2. The Hall–Kier alpha value is -3.12. The van der Waals surface area contributed by atoms with Gasteiger partial charge in [0, 0.05) is 30.5 Å². The number of benzene rings is 2. The SMILES string of the molecule is O=C1N(c2ccc(-c3cn[nH]c3)cc2)CCN1C(CO)c1ccccc1. The number of carbonyl (C=O) groups excluding carboxylic acids is 1. The van der Waals surface area contributed by atoms with Gasteiger partial charge in [0.25, 0.3) is 0 Å². The summed E-state index contributed by atoms with van der Waals surface area (Å²) in [7, 11) is 0. The van der Waals surface area contributed by atoms with Gasteiger partial charge in [-0.15, -0.1) is 0 Å². The minimum atomic E-state index is -0.320. The molecule has 1 fully saturated rings. The van der Waals surface area contributed by atoms with Crippen molar-refractivity contribution in [2.45, 2.75) is 6.04 Å². The van der Waals surface area contributed by atoms with Gasteiger partial charge in [0.05, 0.1) is 18.8 Å². The number of aliphatic hydroxyl groups is 1. The summed E-state index contributed by atoms with van der Waals surface area (Å²) in [5.74, 6) is 0. The highest BCUT2D eigenvalue weighted by atomic mass is 16.3. The fourth-order valence-electron chi connectivity index (χ4n) is 3.38. The molecule has 2 aromatic carbocycles. The Morgan fingerprint density at radius 1 is 1.04 bits per heavy atom. The Labute approximate surface area is 151 Å². The predicted molar refractivity (Wildman–Crippen MR) is 99.7 cm³/mol. The summed E-state index contributed by atoms with van der Waals surface area (Å²) in [5.41, 5.74) is 3.86. The van der Waals surface area contributed by atoms with E-state index >= 15 is 0 Å². The average molecular weight is 348 g/mol. The summed E-state index contributed by atoms with van der Waals surface area (Å²) in [6.45, 7) is 1.10. The fraction of sp³-hybridized carbons (Fsp3) is 0.200. The zero-order valence-electron chi connectivity index (χ0n) is 14.2. The van der Waals surface area contributed by atoms with Crippen molar-refractivity contribution in [2.75, 3.05) is 24.6 Å². The van der Waals surface area contributed by atoms with Crippen molar-refractivity contribution in [3.05, 3.63) is 72.6 Å². The molecule has 1 aliphatic heterocycles. The van der Waals surface area contributed by atoms with Crippen molar-refractivity contribution >= 4 is 11.7 Å². The number of rotatable bonds is 5. The second-order valence-electron chi connectivity index (χ2n) is 6.27. The maximum absolute atomic E-state index is 12.9. The summed E-state index contributed by atoms with van der Waals surface area (Å²) in [6.07, 6.45) is 3.60. The van der Waals surface area contributed by atoms with Gasteiger partial charge in [-0.3, -0.25) is 10.00 Å². The van der Waals surface area contributed by atoms with Crippen LogP contribution in [0.3, 0.4) is 0 Å². The minimum absolute atomic E-state index is 0.0797. The fourth-order valence-corrected chi connectivity index (χ4v) is 3.38. The second kappa shape index (κ2) is 7.01. The molecule has 1 aliphatic rings.